The van der Waals surface area contributed by atoms with Crippen molar-refractivity contribution in [2.45, 2.75) is 45.0 Å². The van der Waals surface area contributed by atoms with Gasteiger partial charge in [-0.05, 0) is 0 Å². The van der Waals surface area contributed by atoms with Crippen LogP contribution in [0, 0.1) is 23.5 Å². The molecule has 0 saturated heterocycles. The van der Waals surface area contributed by atoms with E-state index in [2.05, 4.69) is 30.8 Å². The molecule has 0 bridgehead atoms. The minimum absolute atomic E-state index is 0.188. The molecule has 0 unspecified atom stereocenters. The molecule has 1 fully saturated rings. The summed E-state index contributed by atoms with van der Waals surface area (Å²) in [5.41, 5.74) is -0.464. The van der Waals surface area contributed by atoms with Gasteiger partial charge in [0.1, 0.15) is 5.75 Å². The Bertz CT molecular complexity index is 817. The van der Waals surface area contributed by atoms with Crippen molar-refractivity contribution in [3.05, 3.63) is 29.3 Å². The summed E-state index contributed by atoms with van der Waals surface area (Å²) in [5, 5.41) is 5.61. The maximum absolute atomic E-state index is 14.7. The van der Waals surface area contributed by atoms with Crippen molar-refractivity contribution in [1.82, 2.24) is 10.6 Å². The predicted molar refractivity (Wildman–Crippen MR) is 108 cm³/mol. The Kier molecular flexibility index (Phi) is 9.65. The molecule has 1 aliphatic rings. The molecule has 1 amide bonds. The third-order valence-electron chi connectivity index (χ3n) is 5.12. The molecule has 176 valence electrons. The van der Waals surface area contributed by atoms with E-state index in [0.29, 0.717) is 25.0 Å². The summed E-state index contributed by atoms with van der Waals surface area (Å²) in [4.78, 5) is 16.5. The standard InChI is InChI=1S/C20H25BF5N3O3/c1-12(9-27-11-28-10-21-31-2)19(30)29-18(13-5-3-4-6-13)17-15(22)7-14(8-16(17)23)32-20(24,25)26/h7-8,12-13,18,27H,3-6,9,11H2,1-2H3,(H,29,30)/t12-,18-/m1/s1. The SMILES string of the molecule is COB=C=NCNC[C@@H](C)C(=O)N[C@@H](c1c(F)cc(OC(F)(F)F)cc1F)C1CCCC1. The van der Waals surface area contributed by atoms with E-state index in [9.17, 15) is 26.7 Å². The molecule has 0 heterocycles. The van der Waals surface area contributed by atoms with E-state index in [4.69, 9.17) is 0 Å². The molecule has 12 heteroatoms. The fourth-order valence-corrected chi connectivity index (χ4v) is 3.63. The zero-order valence-electron chi connectivity index (χ0n) is 17.8. The molecule has 1 aromatic carbocycles. The summed E-state index contributed by atoms with van der Waals surface area (Å²) in [6.45, 7) is 2.06. The Labute approximate surface area is 183 Å². The van der Waals surface area contributed by atoms with Crippen LogP contribution in [0.4, 0.5) is 22.0 Å². The monoisotopic (exact) mass is 461 g/mol. The molecule has 1 aromatic rings. The van der Waals surface area contributed by atoms with Gasteiger partial charge in [0.25, 0.3) is 0 Å². The molecule has 1 saturated carbocycles. The Morgan fingerprint density at radius 1 is 1.28 bits per heavy atom. The van der Waals surface area contributed by atoms with Crippen LogP contribution in [0.3, 0.4) is 0 Å². The number of amides is 1. The number of hydrogen-bond acceptors (Lipinski definition) is 5. The number of rotatable bonds is 10. The quantitative estimate of drug-likeness (QED) is 0.242. The number of alkyl halides is 3. The third kappa shape index (κ3) is 7.91. The first-order valence-electron chi connectivity index (χ1n) is 10.1. The van der Waals surface area contributed by atoms with Gasteiger partial charge >= 0.3 is 159 Å². The summed E-state index contributed by atoms with van der Waals surface area (Å²) in [7, 11) is 2.71. The van der Waals surface area contributed by atoms with Crippen molar-refractivity contribution in [3.8, 4) is 5.75 Å². The Hall–Kier alpha value is -2.46. The van der Waals surface area contributed by atoms with E-state index < -0.39 is 47.2 Å². The van der Waals surface area contributed by atoms with Gasteiger partial charge in [-0.25, -0.2) is 0 Å². The molecule has 0 spiro atoms. The fraction of sp³-hybridized carbons (Fsp3) is 0.600. The number of nitrogens with one attached hydrogen (secondary N) is 2. The topological polar surface area (TPSA) is 72.0 Å². The van der Waals surface area contributed by atoms with E-state index in [1.165, 1.54) is 14.2 Å². The van der Waals surface area contributed by atoms with Gasteiger partial charge in [0, 0.05) is 0 Å². The van der Waals surface area contributed by atoms with Crippen molar-refractivity contribution < 1.29 is 36.1 Å². The number of carbonyl (C=O) groups is 1. The Balaban J connectivity index is 2.15. The van der Waals surface area contributed by atoms with Crippen LogP contribution in [-0.4, -0.2) is 45.5 Å². The van der Waals surface area contributed by atoms with Crippen molar-refractivity contribution in [2.75, 3.05) is 20.3 Å². The maximum atomic E-state index is 14.7. The van der Waals surface area contributed by atoms with Crippen molar-refractivity contribution in [2.24, 2.45) is 16.8 Å². The zero-order valence-corrected chi connectivity index (χ0v) is 17.8. The summed E-state index contributed by atoms with van der Waals surface area (Å²) in [6.07, 6.45) is -2.14. The molecule has 0 aliphatic heterocycles. The van der Waals surface area contributed by atoms with Crippen LogP contribution >= 0.6 is 0 Å². The summed E-state index contributed by atoms with van der Waals surface area (Å²) in [5.74, 6) is -2.12. The Morgan fingerprint density at radius 2 is 1.91 bits per heavy atom. The minimum atomic E-state index is -5.08. The van der Waals surface area contributed by atoms with Gasteiger partial charge in [-0.15, -0.1) is 13.2 Å². The third-order valence-corrected chi connectivity index (χ3v) is 5.12. The van der Waals surface area contributed by atoms with Crippen LogP contribution in [0.1, 0.15) is 44.2 Å². The first kappa shape index (κ1) is 25.8. The molecule has 2 atom stereocenters. The molecule has 2 rings (SSSR count). The summed E-state index contributed by atoms with van der Waals surface area (Å²) in [6, 6.07) is -0.0392. The predicted octanol–water partition coefficient (Wildman–Crippen LogP) is 3.57. The van der Waals surface area contributed by atoms with Gasteiger partial charge in [-0.1, -0.05) is 0 Å². The van der Waals surface area contributed by atoms with E-state index >= 15 is 0 Å². The first-order valence-corrected chi connectivity index (χ1v) is 10.1. The average Bonchev–Trinajstić information content (AvgIpc) is 3.22. The van der Waals surface area contributed by atoms with Crippen molar-refractivity contribution >= 4 is 18.8 Å². The van der Waals surface area contributed by atoms with Gasteiger partial charge < -0.3 is 4.74 Å². The van der Waals surface area contributed by atoms with Crippen molar-refractivity contribution in [3.63, 3.8) is 0 Å². The molecular weight excluding hydrogens is 436 g/mol. The van der Waals surface area contributed by atoms with Crippen LogP contribution in [0.2, 0.25) is 0 Å². The normalized spacial score (nSPS) is 16.0. The number of hydrogen-bond donors (Lipinski definition) is 2. The number of aliphatic imine (C=N–C) groups is 1. The molecule has 0 radical (unpaired) electrons. The molecule has 0 aromatic heterocycles. The number of halogens is 5. The van der Waals surface area contributed by atoms with E-state index in [-0.39, 0.29) is 19.1 Å². The molecule has 6 nitrogen and oxygen atoms in total. The second-order valence-corrected chi connectivity index (χ2v) is 7.53. The van der Waals surface area contributed by atoms with Crippen LogP contribution in [0.5, 0.6) is 5.75 Å². The second-order valence-electron chi connectivity index (χ2n) is 7.53. The van der Waals surface area contributed by atoms with Crippen LogP contribution < -0.4 is 15.4 Å². The van der Waals surface area contributed by atoms with Gasteiger partial charge in [0.15, 0.2) is 0 Å². The van der Waals surface area contributed by atoms with Crippen LogP contribution in [0.15, 0.2) is 17.1 Å². The fourth-order valence-electron chi connectivity index (χ4n) is 3.63. The number of nitrogens with zero attached hydrogens (tertiary/aromatic N) is 1. The zero-order chi connectivity index (χ0) is 23.7. The molecular formula is C20H25BF5N3O3. The van der Waals surface area contributed by atoms with Gasteiger partial charge in [0.05, 0.1) is 0 Å². The summed E-state index contributed by atoms with van der Waals surface area (Å²) >= 11 is 0. The van der Waals surface area contributed by atoms with E-state index in [0.717, 1.165) is 12.8 Å². The second kappa shape index (κ2) is 12.0. The summed E-state index contributed by atoms with van der Waals surface area (Å²) < 4.78 is 74.9. The average molecular weight is 461 g/mol. The number of carbonyl (C=O) groups excluding carboxylic acids is 1. The molecule has 1 aliphatic carbocycles. The number of benzene rings is 1. The number of ether oxygens (including phenoxy) is 1. The van der Waals surface area contributed by atoms with Crippen LogP contribution in [-0.2, 0) is 9.45 Å². The van der Waals surface area contributed by atoms with Gasteiger partial charge in [-0.3, -0.25) is 0 Å². The van der Waals surface area contributed by atoms with E-state index in [1.54, 1.807) is 6.92 Å². The molecule has 2 N–H and O–H groups in total. The van der Waals surface area contributed by atoms with E-state index in [1.807, 2.05) is 0 Å². The van der Waals surface area contributed by atoms with Crippen LogP contribution in [0.25, 0.3) is 0 Å². The Morgan fingerprint density at radius 3 is 2.47 bits per heavy atom. The molecule has 32 heavy (non-hydrogen) atoms. The van der Waals surface area contributed by atoms with Gasteiger partial charge in [-0.2, -0.15) is 0 Å². The van der Waals surface area contributed by atoms with Crippen molar-refractivity contribution in [1.29, 1.82) is 0 Å². The first-order chi connectivity index (χ1) is 15.1. The van der Waals surface area contributed by atoms with Gasteiger partial charge in [0.2, 0.25) is 0 Å².